The minimum Gasteiger partial charge on any atom is -0.308 e. The lowest BCUT2D eigenvalue weighted by atomic mass is 10.2. The van der Waals surface area contributed by atoms with Gasteiger partial charge >= 0.3 is 0 Å². The molecule has 0 fully saturated rings. The molecule has 7 heteroatoms. The van der Waals surface area contributed by atoms with Gasteiger partial charge in [-0.3, -0.25) is 0 Å². The Hall–Kier alpha value is -1.60. The standard InChI is InChI=1S/C12H16N6S/c13-15-9-5-4-7-11(14-9)19-12-17-16-10-6-2-1-3-8-18(10)12/h4-5,7H,1-3,6,8,13H2,(H,14,15). The quantitative estimate of drug-likeness (QED) is 0.657. The van der Waals surface area contributed by atoms with Gasteiger partial charge in [0.25, 0.3) is 0 Å². The number of nitrogens with one attached hydrogen (secondary N) is 1. The second kappa shape index (κ2) is 5.58. The van der Waals surface area contributed by atoms with Crippen LogP contribution in [0, 0.1) is 0 Å². The highest BCUT2D eigenvalue weighted by Crippen LogP contribution is 2.27. The number of pyridine rings is 1. The zero-order valence-corrected chi connectivity index (χ0v) is 11.4. The Balaban J connectivity index is 1.84. The Bertz CT molecular complexity index is 567. The van der Waals surface area contributed by atoms with Gasteiger partial charge in [-0.05, 0) is 36.7 Å². The van der Waals surface area contributed by atoms with Gasteiger partial charge in [-0.25, -0.2) is 10.8 Å². The lowest BCUT2D eigenvalue weighted by molar-refractivity contribution is 0.590. The summed E-state index contributed by atoms with van der Waals surface area (Å²) in [5.41, 5.74) is 2.55. The molecule has 0 atom stereocenters. The van der Waals surface area contributed by atoms with Gasteiger partial charge in [-0.2, -0.15) is 0 Å². The Morgan fingerprint density at radius 2 is 2.16 bits per heavy atom. The maximum absolute atomic E-state index is 5.37. The first kappa shape index (κ1) is 12.4. The van der Waals surface area contributed by atoms with Crippen molar-refractivity contribution in [2.24, 2.45) is 5.84 Å². The summed E-state index contributed by atoms with van der Waals surface area (Å²) < 4.78 is 2.21. The third-order valence-electron chi connectivity index (χ3n) is 3.14. The molecule has 0 saturated heterocycles. The summed E-state index contributed by atoms with van der Waals surface area (Å²) in [7, 11) is 0. The molecule has 0 bridgehead atoms. The van der Waals surface area contributed by atoms with Crippen LogP contribution in [0.2, 0.25) is 0 Å². The van der Waals surface area contributed by atoms with Gasteiger partial charge in [0.1, 0.15) is 16.7 Å². The first-order valence-electron chi connectivity index (χ1n) is 6.40. The number of hydrazine groups is 1. The summed E-state index contributed by atoms with van der Waals surface area (Å²) in [6.45, 7) is 1.000. The molecule has 6 nitrogen and oxygen atoms in total. The molecule has 0 aromatic carbocycles. The van der Waals surface area contributed by atoms with Crippen LogP contribution in [0.25, 0.3) is 0 Å². The van der Waals surface area contributed by atoms with E-state index in [1.54, 1.807) is 0 Å². The normalized spacial score (nSPS) is 14.8. The van der Waals surface area contributed by atoms with Crippen molar-refractivity contribution in [2.75, 3.05) is 5.43 Å². The Morgan fingerprint density at radius 3 is 3.05 bits per heavy atom. The van der Waals surface area contributed by atoms with E-state index in [1.807, 2.05) is 18.2 Å². The molecule has 1 aliphatic rings. The largest absolute Gasteiger partial charge is 0.308 e. The van der Waals surface area contributed by atoms with Crippen LogP contribution in [-0.4, -0.2) is 19.7 Å². The molecule has 0 saturated carbocycles. The summed E-state index contributed by atoms with van der Waals surface area (Å²) in [5, 5.41) is 10.3. The van der Waals surface area contributed by atoms with Gasteiger partial charge in [0.2, 0.25) is 0 Å². The van der Waals surface area contributed by atoms with E-state index in [0.29, 0.717) is 5.82 Å². The first-order chi connectivity index (χ1) is 9.36. The number of anilines is 1. The summed E-state index contributed by atoms with van der Waals surface area (Å²) >= 11 is 1.53. The van der Waals surface area contributed by atoms with Crippen molar-refractivity contribution >= 4 is 17.6 Å². The fourth-order valence-electron chi connectivity index (χ4n) is 2.18. The average Bonchev–Trinajstić information content (AvgIpc) is 2.68. The molecule has 0 aliphatic carbocycles. The molecular formula is C12H16N6S. The highest BCUT2D eigenvalue weighted by atomic mass is 32.2. The predicted molar refractivity (Wildman–Crippen MR) is 73.7 cm³/mol. The topological polar surface area (TPSA) is 81.6 Å². The van der Waals surface area contributed by atoms with Crippen molar-refractivity contribution in [3.8, 4) is 0 Å². The van der Waals surface area contributed by atoms with Gasteiger partial charge < -0.3 is 9.99 Å². The zero-order valence-electron chi connectivity index (χ0n) is 10.5. The van der Waals surface area contributed by atoms with E-state index in [4.69, 9.17) is 5.84 Å². The number of hydrogen-bond acceptors (Lipinski definition) is 6. The number of hydrogen-bond donors (Lipinski definition) is 2. The van der Waals surface area contributed by atoms with E-state index < -0.39 is 0 Å². The lowest BCUT2D eigenvalue weighted by Crippen LogP contribution is -2.08. The molecule has 0 amide bonds. The maximum Gasteiger partial charge on any atom is 0.197 e. The van der Waals surface area contributed by atoms with E-state index in [2.05, 4.69) is 25.2 Å². The van der Waals surface area contributed by atoms with Crippen LogP contribution < -0.4 is 11.3 Å². The summed E-state index contributed by atoms with van der Waals surface area (Å²) in [6, 6.07) is 5.70. The van der Waals surface area contributed by atoms with Crippen molar-refractivity contribution in [2.45, 2.75) is 42.4 Å². The maximum atomic E-state index is 5.37. The molecule has 100 valence electrons. The third kappa shape index (κ3) is 2.71. The number of nitrogen functional groups attached to an aromatic ring is 1. The van der Waals surface area contributed by atoms with Gasteiger partial charge in [0.15, 0.2) is 5.16 Å². The Kier molecular flexibility index (Phi) is 3.65. The van der Waals surface area contributed by atoms with Crippen LogP contribution >= 0.6 is 11.8 Å². The highest BCUT2D eigenvalue weighted by Gasteiger charge is 2.15. The molecule has 2 aromatic rings. The summed E-state index contributed by atoms with van der Waals surface area (Å²) in [4.78, 5) is 4.38. The van der Waals surface area contributed by atoms with Crippen LogP contribution in [0.4, 0.5) is 5.82 Å². The van der Waals surface area contributed by atoms with Crippen molar-refractivity contribution in [1.82, 2.24) is 19.7 Å². The molecule has 0 radical (unpaired) electrons. The van der Waals surface area contributed by atoms with E-state index >= 15 is 0 Å². The SMILES string of the molecule is NNc1cccc(Sc2nnc3n2CCCCC3)n1. The van der Waals surface area contributed by atoms with Crippen LogP contribution in [-0.2, 0) is 13.0 Å². The van der Waals surface area contributed by atoms with E-state index in [0.717, 1.165) is 29.0 Å². The smallest absolute Gasteiger partial charge is 0.197 e. The molecular weight excluding hydrogens is 260 g/mol. The van der Waals surface area contributed by atoms with Gasteiger partial charge in [0.05, 0.1) is 0 Å². The fraction of sp³-hybridized carbons (Fsp3) is 0.417. The highest BCUT2D eigenvalue weighted by molar-refractivity contribution is 7.99. The van der Waals surface area contributed by atoms with Crippen LogP contribution in [0.5, 0.6) is 0 Å². The van der Waals surface area contributed by atoms with Crippen LogP contribution in [0.15, 0.2) is 28.4 Å². The fourth-order valence-corrected chi connectivity index (χ4v) is 3.05. The van der Waals surface area contributed by atoms with Crippen LogP contribution in [0.3, 0.4) is 0 Å². The molecule has 3 N–H and O–H groups in total. The molecule has 3 rings (SSSR count). The second-order valence-electron chi connectivity index (χ2n) is 4.47. The second-order valence-corrected chi connectivity index (χ2v) is 5.46. The minimum atomic E-state index is 0.653. The summed E-state index contributed by atoms with van der Waals surface area (Å²) in [6.07, 6.45) is 4.67. The average molecular weight is 276 g/mol. The first-order valence-corrected chi connectivity index (χ1v) is 7.22. The molecule has 2 aromatic heterocycles. The molecule has 3 heterocycles. The minimum absolute atomic E-state index is 0.653. The molecule has 0 unspecified atom stereocenters. The lowest BCUT2D eigenvalue weighted by Gasteiger charge is -2.06. The van der Waals surface area contributed by atoms with Crippen LogP contribution in [0.1, 0.15) is 25.1 Å². The Labute approximate surface area is 115 Å². The monoisotopic (exact) mass is 276 g/mol. The number of rotatable bonds is 3. The number of aryl methyl sites for hydroxylation is 1. The van der Waals surface area contributed by atoms with Crippen molar-refractivity contribution < 1.29 is 0 Å². The number of nitrogens with zero attached hydrogens (tertiary/aromatic N) is 4. The number of nitrogens with two attached hydrogens (primary N) is 1. The molecule has 1 aliphatic heterocycles. The van der Waals surface area contributed by atoms with Gasteiger partial charge in [0, 0.05) is 13.0 Å². The summed E-state index contributed by atoms with van der Waals surface area (Å²) in [5.74, 6) is 7.11. The van der Waals surface area contributed by atoms with E-state index in [1.165, 1.54) is 31.0 Å². The van der Waals surface area contributed by atoms with Gasteiger partial charge in [-0.1, -0.05) is 12.5 Å². The number of fused-ring (bicyclic) bond motifs is 1. The third-order valence-corrected chi connectivity index (χ3v) is 4.06. The Morgan fingerprint density at radius 1 is 1.21 bits per heavy atom. The number of aromatic nitrogens is 4. The van der Waals surface area contributed by atoms with Gasteiger partial charge in [-0.15, -0.1) is 10.2 Å². The van der Waals surface area contributed by atoms with Crippen molar-refractivity contribution in [3.63, 3.8) is 0 Å². The predicted octanol–water partition coefficient (Wildman–Crippen LogP) is 1.84. The van der Waals surface area contributed by atoms with E-state index in [9.17, 15) is 0 Å². The van der Waals surface area contributed by atoms with Crippen molar-refractivity contribution in [3.05, 3.63) is 24.0 Å². The molecule has 0 spiro atoms. The zero-order chi connectivity index (χ0) is 13.1. The van der Waals surface area contributed by atoms with E-state index in [-0.39, 0.29) is 0 Å². The molecule has 19 heavy (non-hydrogen) atoms. The van der Waals surface area contributed by atoms with Crippen molar-refractivity contribution in [1.29, 1.82) is 0 Å².